The largest absolute Gasteiger partial charge is 0.314 e. The summed E-state index contributed by atoms with van der Waals surface area (Å²) in [6.45, 7) is 1.51. The van der Waals surface area contributed by atoms with Crippen LogP contribution in [0.15, 0.2) is 12.1 Å². The fraction of sp³-hybridized carbons (Fsp3) is 0.600. The summed E-state index contributed by atoms with van der Waals surface area (Å²) in [4.78, 5) is 2.48. The first-order chi connectivity index (χ1) is 11.7. The van der Waals surface area contributed by atoms with Crippen molar-refractivity contribution >= 4 is 45.0 Å². The van der Waals surface area contributed by atoms with Crippen molar-refractivity contribution in [2.24, 2.45) is 13.0 Å². The summed E-state index contributed by atoms with van der Waals surface area (Å²) in [7, 11) is 1.13. The molecule has 1 aliphatic heterocycles. The van der Waals surface area contributed by atoms with Crippen molar-refractivity contribution in [3.05, 3.63) is 31.9 Å². The molecule has 0 radical (unpaired) electrons. The molecule has 0 amide bonds. The number of nitrogens with zero attached hydrogens (tertiary/aromatic N) is 3. The first-order valence-electron chi connectivity index (χ1n) is 8.12. The molecule has 0 spiro atoms. The standard InChI is InChI=1S/C15H21ClN4O2S3/c1-18(8-12-3-4-13(16)24-12)10-20-15(23)19(2)14(17-20)7-11-5-6-25(21,22)9-11/h3-4,11H,5-10H2,1-2H3/p+1/t11-/m0/s1. The van der Waals surface area contributed by atoms with Gasteiger partial charge in [0.15, 0.2) is 16.5 Å². The molecular formula is C15H22ClN4O2S3+. The molecule has 25 heavy (non-hydrogen) atoms. The van der Waals surface area contributed by atoms with Crippen LogP contribution in [0.2, 0.25) is 4.34 Å². The Morgan fingerprint density at radius 2 is 2.24 bits per heavy atom. The van der Waals surface area contributed by atoms with Crippen LogP contribution in [0.4, 0.5) is 0 Å². The van der Waals surface area contributed by atoms with Crippen LogP contribution in [0.25, 0.3) is 0 Å². The van der Waals surface area contributed by atoms with E-state index in [4.69, 9.17) is 23.8 Å². The van der Waals surface area contributed by atoms with E-state index in [9.17, 15) is 8.42 Å². The van der Waals surface area contributed by atoms with Gasteiger partial charge < -0.3 is 9.47 Å². The number of hydrogen-bond acceptors (Lipinski definition) is 5. The quantitative estimate of drug-likeness (QED) is 0.714. The summed E-state index contributed by atoms with van der Waals surface area (Å²) in [5.74, 6) is 1.56. The van der Waals surface area contributed by atoms with Gasteiger partial charge in [-0.1, -0.05) is 11.6 Å². The summed E-state index contributed by atoms with van der Waals surface area (Å²) in [5, 5.41) is 4.64. The molecular weight excluding hydrogens is 400 g/mol. The van der Waals surface area contributed by atoms with Crippen LogP contribution in [0, 0.1) is 10.7 Å². The van der Waals surface area contributed by atoms with Crippen molar-refractivity contribution < 1.29 is 13.3 Å². The van der Waals surface area contributed by atoms with Crippen LogP contribution < -0.4 is 4.90 Å². The average molecular weight is 422 g/mol. The molecule has 10 heteroatoms. The number of quaternary nitrogens is 1. The summed E-state index contributed by atoms with van der Waals surface area (Å²) in [5.41, 5.74) is 0. The lowest BCUT2D eigenvalue weighted by Crippen LogP contribution is -3.06. The van der Waals surface area contributed by atoms with E-state index in [2.05, 4.69) is 12.1 Å². The second kappa shape index (κ2) is 7.48. The van der Waals surface area contributed by atoms with Crippen molar-refractivity contribution in [1.82, 2.24) is 14.3 Å². The molecule has 1 saturated heterocycles. The SMILES string of the molecule is Cn1c(C[C@@H]2CCS(=O)(=O)C2)nn(C[NH+](C)Cc2ccc(Cl)s2)c1=S. The van der Waals surface area contributed by atoms with Crippen molar-refractivity contribution in [3.63, 3.8) is 0 Å². The van der Waals surface area contributed by atoms with Crippen molar-refractivity contribution in [2.45, 2.75) is 26.1 Å². The summed E-state index contributed by atoms with van der Waals surface area (Å²) in [6, 6.07) is 3.95. The molecule has 0 saturated carbocycles. The molecule has 0 aliphatic carbocycles. The van der Waals surface area contributed by atoms with E-state index in [1.54, 1.807) is 11.3 Å². The highest BCUT2D eigenvalue weighted by molar-refractivity contribution is 7.91. The number of hydrogen-bond donors (Lipinski definition) is 1. The minimum Gasteiger partial charge on any atom is -0.314 e. The fourth-order valence-corrected chi connectivity index (χ4v) is 6.43. The van der Waals surface area contributed by atoms with Gasteiger partial charge in [0.25, 0.3) is 0 Å². The third-order valence-electron chi connectivity index (χ3n) is 4.45. The zero-order chi connectivity index (χ0) is 18.2. The second-order valence-electron chi connectivity index (χ2n) is 6.73. The van der Waals surface area contributed by atoms with E-state index in [1.807, 2.05) is 28.4 Å². The average Bonchev–Trinajstić information content (AvgIpc) is 3.15. The predicted octanol–water partition coefficient (Wildman–Crippen LogP) is 1.32. The molecule has 0 aromatic carbocycles. The smallest absolute Gasteiger partial charge is 0.202 e. The van der Waals surface area contributed by atoms with Gasteiger partial charge in [0.2, 0.25) is 4.77 Å². The topological polar surface area (TPSA) is 61.3 Å². The molecule has 2 aromatic heterocycles. The maximum Gasteiger partial charge on any atom is 0.202 e. The van der Waals surface area contributed by atoms with Crippen molar-refractivity contribution in [2.75, 3.05) is 18.6 Å². The fourth-order valence-electron chi connectivity index (χ4n) is 3.16. The number of halogens is 1. The van der Waals surface area contributed by atoms with E-state index in [1.165, 1.54) is 9.78 Å². The molecule has 3 heterocycles. The van der Waals surface area contributed by atoms with E-state index in [0.717, 1.165) is 16.7 Å². The molecule has 0 bridgehead atoms. The van der Waals surface area contributed by atoms with Crippen LogP contribution in [0.3, 0.4) is 0 Å². The van der Waals surface area contributed by atoms with Crippen LogP contribution >= 0.6 is 35.2 Å². The van der Waals surface area contributed by atoms with Crippen LogP contribution in [0.1, 0.15) is 17.1 Å². The normalized spacial score (nSPS) is 20.8. The van der Waals surface area contributed by atoms with Gasteiger partial charge in [-0.05, 0) is 36.7 Å². The molecule has 1 aliphatic rings. The Hall–Kier alpha value is -0.740. The van der Waals surface area contributed by atoms with E-state index in [-0.39, 0.29) is 11.7 Å². The van der Waals surface area contributed by atoms with Gasteiger partial charge >= 0.3 is 0 Å². The summed E-state index contributed by atoms with van der Waals surface area (Å²) >= 11 is 13.1. The Morgan fingerprint density at radius 3 is 2.84 bits per heavy atom. The minimum atomic E-state index is -2.87. The molecule has 1 fully saturated rings. The lowest BCUT2D eigenvalue weighted by molar-refractivity contribution is -0.917. The first kappa shape index (κ1) is 19.0. The Bertz CT molecular complexity index is 916. The Labute approximate surface area is 161 Å². The third kappa shape index (κ3) is 4.71. The summed E-state index contributed by atoms with van der Waals surface area (Å²) < 4.78 is 28.5. The maximum atomic E-state index is 11.6. The number of rotatable bonds is 6. The Morgan fingerprint density at radius 1 is 1.48 bits per heavy atom. The van der Waals surface area contributed by atoms with E-state index < -0.39 is 9.84 Å². The molecule has 3 rings (SSSR count). The first-order valence-corrected chi connectivity index (χ1v) is 11.5. The van der Waals surface area contributed by atoms with Crippen LogP contribution in [0.5, 0.6) is 0 Å². The number of thiophene rings is 1. The maximum absolute atomic E-state index is 11.6. The molecule has 138 valence electrons. The van der Waals surface area contributed by atoms with Crippen LogP contribution in [-0.2, 0) is 36.5 Å². The van der Waals surface area contributed by atoms with Crippen molar-refractivity contribution in [1.29, 1.82) is 0 Å². The van der Waals surface area contributed by atoms with E-state index >= 15 is 0 Å². The van der Waals surface area contributed by atoms with Crippen LogP contribution in [-0.4, -0.2) is 41.3 Å². The number of nitrogens with one attached hydrogen (secondary N) is 1. The van der Waals surface area contributed by atoms with Crippen molar-refractivity contribution in [3.8, 4) is 0 Å². The molecule has 2 atom stereocenters. The van der Waals surface area contributed by atoms with Gasteiger partial charge in [0.05, 0.1) is 27.8 Å². The monoisotopic (exact) mass is 421 g/mol. The highest BCUT2D eigenvalue weighted by Gasteiger charge is 2.29. The third-order valence-corrected chi connectivity index (χ3v) is 8.01. The Balaban J connectivity index is 1.67. The second-order valence-corrected chi connectivity index (χ2v) is 11.1. The van der Waals surface area contributed by atoms with E-state index in [0.29, 0.717) is 30.0 Å². The predicted molar refractivity (Wildman–Crippen MR) is 102 cm³/mol. The zero-order valence-electron chi connectivity index (χ0n) is 14.2. The van der Waals surface area contributed by atoms with Gasteiger partial charge in [0.1, 0.15) is 12.4 Å². The van der Waals surface area contributed by atoms with Gasteiger partial charge in [0, 0.05) is 13.5 Å². The van der Waals surface area contributed by atoms with Gasteiger partial charge in [-0.15, -0.1) is 11.3 Å². The minimum absolute atomic E-state index is 0.146. The molecule has 1 N–H and O–H groups in total. The number of sulfone groups is 1. The van der Waals surface area contributed by atoms with Gasteiger partial charge in [-0.2, -0.15) is 9.78 Å². The van der Waals surface area contributed by atoms with Gasteiger partial charge in [-0.25, -0.2) is 8.42 Å². The number of aromatic nitrogens is 3. The zero-order valence-corrected chi connectivity index (χ0v) is 17.4. The van der Waals surface area contributed by atoms with Gasteiger partial charge in [-0.3, -0.25) is 0 Å². The summed E-state index contributed by atoms with van der Waals surface area (Å²) in [6.07, 6.45) is 1.37. The highest BCUT2D eigenvalue weighted by atomic mass is 35.5. The molecule has 1 unspecified atom stereocenters. The molecule has 6 nitrogen and oxygen atoms in total. The Kier molecular flexibility index (Phi) is 5.69. The lowest BCUT2D eigenvalue weighted by atomic mass is 10.1. The highest BCUT2D eigenvalue weighted by Crippen LogP contribution is 2.22. The lowest BCUT2D eigenvalue weighted by Gasteiger charge is -2.12. The molecule has 2 aromatic rings.